The monoisotopic (exact) mass is 664 g/mol. The summed E-state index contributed by atoms with van der Waals surface area (Å²) in [6.45, 7) is -0.546. The first-order valence-corrected chi connectivity index (χ1v) is 15.4. The zero-order valence-electron chi connectivity index (χ0n) is 22.0. The number of aromatic nitrogens is 5. The number of thioether (sulfide) groups is 2. The number of hydrogen-bond donors (Lipinski definition) is 4. The second kappa shape index (κ2) is 13.0. The van der Waals surface area contributed by atoms with Gasteiger partial charge in [-0.25, -0.2) is 14.5 Å². The lowest BCUT2D eigenvalue weighted by molar-refractivity contribution is -0.150. The Morgan fingerprint density at radius 1 is 1.35 bits per heavy atom. The quantitative estimate of drug-likeness (QED) is 0.0965. The molecule has 0 radical (unpaired) electrons. The summed E-state index contributed by atoms with van der Waals surface area (Å²) in [5, 5.41) is 31.9. The molecule has 224 valence electrons. The number of carboxylic acids is 1. The molecule has 2 aromatic heterocycles. The number of benzene rings is 1. The molecule has 3 amide bonds. The molecule has 2 atom stereocenters. The van der Waals surface area contributed by atoms with Gasteiger partial charge in [0.25, 0.3) is 17.7 Å². The Balaban J connectivity index is 1.26. The predicted octanol–water partition coefficient (Wildman–Crippen LogP) is 0.793. The molecule has 43 heavy (non-hydrogen) atoms. The van der Waals surface area contributed by atoms with Crippen LogP contribution in [0.2, 0.25) is 5.02 Å². The van der Waals surface area contributed by atoms with E-state index in [9.17, 15) is 24.3 Å². The molecular weight excluding hydrogens is 644 g/mol. The summed E-state index contributed by atoms with van der Waals surface area (Å²) in [6, 6.07) is 5.44. The van der Waals surface area contributed by atoms with Crippen LogP contribution in [-0.2, 0) is 31.1 Å². The summed E-state index contributed by atoms with van der Waals surface area (Å²) in [5.74, 6) is -2.71. The molecule has 5 rings (SSSR count). The molecule has 1 unspecified atom stereocenters. The Bertz CT molecular complexity index is 1660. The van der Waals surface area contributed by atoms with E-state index >= 15 is 0 Å². The van der Waals surface area contributed by atoms with Crippen LogP contribution in [0, 0.1) is 0 Å². The minimum Gasteiger partial charge on any atom is -0.477 e. The van der Waals surface area contributed by atoms with Gasteiger partial charge in [-0.1, -0.05) is 34.6 Å². The molecule has 20 heteroatoms. The van der Waals surface area contributed by atoms with Gasteiger partial charge in [0.1, 0.15) is 22.8 Å². The fraction of sp³-hybridized carbons (Fsp3) is 0.261. The number of thiazole rings is 1. The van der Waals surface area contributed by atoms with Crippen LogP contribution in [0.4, 0.5) is 10.8 Å². The average Bonchev–Trinajstić information content (AvgIpc) is 3.59. The maximum absolute atomic E-state index is 13.3. The number of carbonyl (C=O) groups is 4. The number of β-lactam (4-membered cyclic amide) rings is 1. The molecule has 2 aliphatic rings. The van der Waals surface area contributed by atoms with Gasteiger partial charge in [-0.05, 0) is 34.2 Å². The lowest BCUT2D eigenvalue weighted by Gasteiger charge is -2.49. The van der Waals surface area contributed by atoms with Crippen LogP contribution in [0.5, 0.6) is 0 Å². The minimum absolute atomic E-state index is 0.0684. The molecule has 5 N–H and O–H groups in total. The summed E-state index contributed by atoms with van der Waals surface area (Å²) in [6.07, 6.45) is 0. The Hall–Kier alpha value is -4.20. The fourth-order valence-electron chi connectivity index (χ4n) is 4.02. The molecular formula is C23H21ClN10O6S3. The topological polar surface area (TPSA) is 220 Å². The molecule has 0 spiro atoms. The van der Waals surface area contributed by atoms with Crippen LogP contribution in [0.1, 0.15) is 5.69 Å². The maximum Gasteiger partial charge on any atom is 0.352 e. The number of carbonyl (C=O) groups excluding carboxylic acids is 3. The third-order valence-electron chi connectivity index (χ3n) is 5.93. The van der Waals surface area contributed by atoms with Crippen molar-refractivity contribution in [2.24, 2.45) is 12.2 Å². The van der Waals surface area contributed by atoms with E-state index in [1.165, 1.54) is 33.6 Å². The number of nitrogens with two attached hydrogens (primary N) is 1. The predicted molar refractivity (Wildman–Crippen MR) is 158 cm³/mol. The largest absolute Gasteiger partial charge is 0.477 e. The first-order chi connectivity index (χ1) is 20.6. The summed E-state index contributed by atoms with van der Waals surface area (Å²) < 4.78 is 1.45. The van der Waals surface area contributed by atoms with E-state index in [1.54, 1.807) is 31.3 Å². The van der Waals surface area contributed by atoms with E-state index in [0.29, 0.717) is 27.2 Å². The number of hydrogen-bond acceptors (Lipinski definition) is 14. The Labute approximate surface area is 260 Å². The van der Waals surface area contributed by atoms with Crippen molar-refractivity contribution in [3.8, 4) is 0 Å². The number of rotatable bonds is 11. The third kappa shape index (κ3) is 6.74. The number of nitrogen functional groups attached to an aromatic ring is 1. The number of carboxylic acid groups (broad SMARTS) is 1. The van der Waals surface area contributed by atoms with Crippen molar-refractivity contribution in [3.63, 3.8) is 0 Å². The highest BCUT2D eigenvalue weighted by atomic mass is 35.5. The van der Waals surface area contributed by atoms with Crippen molar-refractivity contribution >= 4 is 86.7 Å². The number of anilines is 2. The van der Waals surface area contributed by atoms with Gasteiger partial charge in [0.2, 0.25) is 5.16 Å². The SMILES string of the molecule is Cn1nnnc1SCC1=C(C(=O)O)N2C(=O)C(NC(=O)/C(=N\OCC(=O)Nc3cccc(Cl)c3)c3csc(N)n3)[C@H]2SC1. The Kier molecular flexibility index (Phi) is 9.14. The van der Waals surface area contributed by atoms with Crippen molar-refractivity contribution in [2.45, 2.75) is 16.6 Å². The van der Waals surface area contributed by atoms with E-state index in [0.717, 1.165) is 16.2 Å². The molecule has 3 aromatic rings. The summed E-state index contributed by atoms with van der Waals surface area (Å²) in [7, 11) is 1.66. The maximum atomic E-state index is 13.3. The second-order valence-corrected chi connectivity index (χ2v) is 12.2. The van der Waals surface area contributed by atoms with Crippen LogP contribution < -0.4 is 16.4 Å². The van der Waals surface area contributed by atoms with E-state index in [4.69, 9.17) is 22.2 Å². The van der Waals surface area contributed by atoms with E-state index in [-0.39, 0.29) is 28.0 Å². The Morgan fingerprint density at radius 2 is 2.16 bits per heavy atom. The number of aryl methyl sites for hydroxylation is 1. The molecule has 4 heterocycles. The number of aliphatic carboxylic acids is 1. The highest BCUT2D eigenvalue weighted by Crippen LogP contribution is 2.41. The van der Waals surface area contributed by atoms with Gasteiger partial charge in [-0.15, -0.1) is 28.2 Å². The molecule has 0 bridgehead atoms. The summed E-state index contributed by atoms with van der Waals surface area (Å²) in [5.41, 5.74) is 6.29. The number of tetrazole rings is 1. The zero-order valence-corrected chi connectivity index (χ0v) is 25.2. The zero-order chi connectivity index (χ0) is 30.7. The van der Waals surface area contributed by atoms with Crippen LogP contribution in [0.3, 0.4) is 0 Å². The number of nitrogens with zero attached hydrogens (tertiary/aromatic N) is 7. The van der Waals surface area contributed by atoms with Crippen molar-refractivity contribution in [1.29, 1.82) is 0 Å². The molecule has 0 aliphatic carbocycles. The van der Waals surface area contributed by atoms with Crippen molar-refractivity contribution < 1.29 is 29.1 Å². The highest BCUT2D eigenvalue weighted by molar-refractivity contribution is 8.01. The summed E-state index contributed by atoms with van der Waals surface area (Å²) in [4.78, 5) is 61.2. The molecule has 1 saturated heterocycles. The van der Waals surface area contributed by atoms with Gasteiger partial charge in [0.15, 0.2) is 17.5 Å². The number of nitrogens with one attached hydrogen (secondary N) is 2. The van der Waals surface area contributed by atoms with E-state index < -0.39 is 41.7 Å². The van der Waals surface area contributed by atoms with Crippen LogP contribution >= 0.6 is 46.5 Å². The summed E-state index contributed by atoms with van der Waals surface area (Å²) >= 11 is 9.52. The van der Waals surface area contributed by atoms with Gasteiger partial charge in [-0.3, -0.25) is 19.3 Å². The van der Waals surface area contributed by atoms with Crippen molar-refractivity contribution in [2.75, 3.05) is 29.2 Å². The number of oxime groups is 1. The van der Waals surface area contributed by atoms with Crippen LogP contribution in [0.15, 0.2) is 51.2 Å². The lowest BCUT2D eigenvalue weighted by Crippen LogP contribution is -2.71. The lowest BCUT2D eigenvalue weighted by atomic mass is 10.0. The minimum atomic E-state index is -1.26. The van der Waals surface area contributed by atoms with E-state index in [1.807, 2.05) is 0 Å². The van der Waals surface area contributed by atoms with Gasteiger partial charge < -0.3 is 26.3 Å². The average molecular weight is 665 g/mol. The van der Waals surface area contributed by atoms with Crippen molar-refractivity contribution in [3.05, 3.63) is 51.6 Å². The molecule has 0 saturated carbocycles. The molecule has 1 aromatic carbocycles. The van der Waals surface area contributed by atoms with Gasteiger partial charge in [0.05, 0.1) is 0 Å². The number of halogens is 1. The Morgan fingerprint density at radius 3 is 2.84 bits per heavy atom. The number of fused-ring (bicyclic) bond motifs is 1. The normalized spacial score (nSPS) is 18.1. The third-order valence-corrected chi connectivity index (χ3v) is 9.28. The van der Waals surface area contributed by atoms with Crippen LogP contribution in [-0.4, -0.2) is 94.1 Å². The highest BCUT2D eigenvalue weighted by Gasteiger charge is 2.54. The first-order valence-electron chi connectivity index (χ1n) is 12.1. The fourth-order valence-corrected chi connectivity index (χ4v) is 7.09. The smallest absolute Gasteiger partial charge is 0.352 e. The number of amides is 3. The van der Waals surface area contributed by atoms with E-state index in [2.05, 4.69) is 36.3 Å². The molecule has 16 nitrogen and oxygen atoms in total. The van der Waals surface area contributed by atoms with Gasteiger partial charge in [-0.2, -0.15) is 0 Å². The van der Waals surface area contributed by atoms with Crippen LogP contribution in [0.25, 0.3) is 0 Å². The molecule has 2 aliphatic heterocycles. The van der Waals surface area contributed by atoms with Gasteiger partial charge in [0, 0.05) is 34.6 Å². The van der Waals surface area contributed by atoms with Crippen molar-refractivity contribution in [1.82, 2.24) is 35.4 Å². The van der Waals surface area contributed by atoms with Gasteiger partial charge >= 0.3 is 5.97 Å². The standard InChI is InChI=1S/C23H21ClN10O6S3/c1-33-23(29-31-32-33)43-8-10-7-41-20-16(19(37)34(20)17(10)21(38)39)28-18(36)15(13-9-42-22(25)27-13)30-40-6-14(35)26-12-4-2-3-11(24)5-12/h2-5,9,16,20H,6-8H2,1H3,(H2,25,27)(H,26,35)(H,28,36)(H,38,39)/b30-15-/t16?,20-/m1/s1. The molecule has 1 fully saturated rings. The second-order valence-electron chi connectivity index (χ2n) is 8.83. The first kappa shape index (κ1) is 30.3.